The molecule has 1 amide bonds. The maximum absolute atomic E-state index is 13.4. The fourth-order valence-corrected chi connectivity index (χ4v) is 3.26. The topological polar surface area (TPSA) is 116 Å². The van der Waals surface area contributed by atoms with Crippen LogP contribution in [0.5, 0.6) is 11.5 Å². The number of nitrogens with zero attached hydrogens (tertiary/aromatic N) is 2. The summed E-state index contributed by atoms with van der Waals surface area (Å²) in [5, 5.41) is 15.3. The first-order valence-corrected chi connectivity index (χ1v) is 10.6. The van der Waals surface area contributed by atoms with Gasteiger partial charge in [-0.2, -0.15) is 5.10 Å². The Morgan fingerprint density at radius 2 is 1.97 bits per heavy atom. The molecule has 0 saturated carbocycles. The summed E-state index contributed by atoms with van der Waals surface area (Å²) in [6, 6.07) is 16.7. The van der Waals surface area contributed by atoms with Crippen molar-refractivity contribution in [2.24, 2.45) is 5.10 Å². The average Bonchev–Trinajstić information content (AvgIpc) is 3.27. The third kappa shape index (κ3) is 5.80. The number of nitro benzene ring substituents is 1. The number of hydrogen-bond acceptors (Lipinski definition) is 7. The molecule has 0 spiro atoms. The highest BCUT2D eigenvalue weighted by Crippen LogP contribution is 2.29. The van der Waals surface area contributed by atoms with Crippen LogP contribution >= 0.6 is 0 Å². The minimum atomic E-state index is -0.611. The Morgan fingerprint density at radius 1 is 1.11 bits per heavy atom. The highest BCUT2D eigenvalue weighted by Gasteiger charge is 2.14. The van der Waals surface area contributed by atoms with Crippen LogP contribution in [0.25, 0.3) is 11.0 Å². The van der Waals surface area contributed by atoms with Gasteiger partial charge in [0, 0.05) is 17.5 Å². The minimum Gasteiger partial charge on any atom is -0.490 e. The second kappa shape index (κ2) is 10.5. The summed E-state index contributed by atoms with van der Waals surface area (Å²) in [5.74, 6) is -0.0330. The van der Waals surface area contributed by atoms with Crippen molar-refractivity contribution in [3.05, 3.63) is 99.5 Å². The van der Waals surface area contributed by atoms with E-state index >= 15 is 0 Å². The largest absolute Gasteiger partial charge is 0.490 e. The number of rotatable bonds is 9. The van der Waals surface area contributed by atoms with Gasteiger partial charge < -0.3 is 13.9 Å². The number of nitro groups is 1. The van der Waals surface area contributed by atoms with E-state index < -0.39 is 10.8 Å². The lowest BCUT2D eigenvalue weighted by Gasteiger charge is -2.12. The van der Waals surface area contributed by atoms with Crippen LogP contribution in [0.15, 0.2) is 76.2 Å². The van der Waals surface area contributed by atoms with Gasteiger partial charge in [0.2, 0.25) is 0 Å². The Balaban J connectivity index is 1.42. The van der Waals surface area contributed by atoms with Gasteiger partial charge in [-0.3, -0.25) is 14.9 Å². The van der Waals surface area contributed by atoms with E-state index in [4.69, 9.17) is 13.9 Å². The third-order valence-electron chi connectivity index (χ3n) is 4.87. The van der Waals surface area contributed by atoms with Gasteiger partial charge in [-0.25, -0.2) is 9.82 Å². The summed E-state index contributed by atoms with van der Waals surface area (Å²) in [6.07, 6.45) is 1.42. The molecule has 178 valence electrons. The van der Waals surface area contributed by atoms with E-state index in [0.717, 1.165) is 0 Å². The Bertz CT molecular complexity index is 1420. The van der Waals surface area contributed by atoms with Gasteiger partial charge in [0.15, 0.2) is 17.3 Å². The normalized spacial score (nSPS) is 11.0. The van der Waals surface area contributed by atoms with Crippen molar-refractivity contribution < 1.29 is 28.0 Å². The van der Waals surface area contributed by atoms with Crippen LogP contribution in [0.3, 0.4) is 0 Å². The fourth-order valence-electron chi connectivity index (χ4n) is 3.26. The van der Waals surface area contributed by atoms with Gasteiger partial charge in [0.1, 0.15) is 18.0 Å². The number of halogens is 1. The molecule has 4 aromatic rings. The molecule has 10 heteroatoms. The van der Waals surface area contributed by atoms with Crippen LogP contribution in [0, 0.1) is 15.9 Å². The molecule has 0 aliphatic carbocycles. The predicted molar refractivity (Wildman–Crippen MR) is 126 cm³/mol. The standard InChI is InChI=1S/C25H20FN3O6/c1-2-33-23-11-16(6-8-22(23)34-15-17-4-3-5-19(26)10-17)14-27-28-25(30)24-13-18-12-20(29(31)32)7-9-21(18)35-24/h3-14H,2,15H2,1H3,(H,28,30)/b27-14+. The molecule has 0 atom stereocenters. The molecule has 0 radical (unpaired) electrons. The fraction of sp³-hybridized carbons (Fsp3) is 0.120. The van der Waals surface area contributed by atoms with Gasteiger partial charge in [-0.15, -0.1) is 0 Å². The number of hydrazone groups is 1. The molecular formula is C25H20FN3O6. The van der Waals surface area contributed by atoms with Gasteiger partial charge in [0.25, 0.3) is 5.69 Å². The van der Waals surface area contributed by atoms with Crippen molar-refractivity contribution in [1.82, 2.24) is 5.43 Å². The zero-order valence-electron chi connectivity index (χ0n) is 18.6. The molecule has 1 aromatic heterocycles. The van der Waals surface area contributed by atoms with E-state index in [1.165, 1.54) is 42.6 Å². The molecule has 0 bridgehead atoms. The molecule has 0 fully saturated rings. The highest BCUT2D eigenvalue weighted by atomic mass is 19.1. The van der Waals surface area contributed by atoms with E-state index in [1.54, 1.807) is 30.3 Å². The van der Waals surface area contributed by atoms with E-state index in [1.807, 2.05) is 6.92 Å². The van der Waals surface area contributed by atoms with Gasteiger partial charge >= 0.3 is 5.91 Å². The van der Waals surface area contributed by atoms with Crippen LogP contribution in [0.1, 0.15) is 28.6 Å². The SMILES string of the molecule is CCOc1cc(/C=N/NC(=O)c2cc3cc([N+](=O)[O-])ccc3o2)ccc1OCc1cccc(F)c1. The summed E-state index contributed by atoms with van der Waals surface area (Å²) in [4.78, 5) is 22.8. The molecule has 1 N–H and O–H groups in total. The number of amides is 1. The van der Waals surface area contributed by atoms with Crippen LogP contribution in [0.2, 0.25) is 0 Å². The van der Waals surface area contributed by atoms with E-state index in [-0.39, 0.29) is 23.9 Å². The number of carbonyl (C=O) groups is 1. The number of nitrogens with one attached hydrogen (secondary N) is 1. The summed E-state index contributed by atoms with van der Waals surface area (Å²) < 4.78 is 30.2. The summed E-state index contributed by atoms with van der Waals surface area (Å²) in [5.41, 5.74) is 3.92. The van der Waals surface area contributed by atoms with Crippen molar-refractivity contribution >= 4 is 28.8 Å². The van der Waals surface area contributed by atoms with Gasteiger partial charge in [-0.05, 0) is 60.5 Å². The molecule has 0 aliphatic rings. The quantitative estimate of drug-likeness (QED) is 0.201. The van der Waals surface area contributed by atoms with Gasteiger partial charge in [0.05, 0.1) is 17.7 Å². The van der Waals surface area contributed by atoms with E-state index in [2.05, 4.69) is 10.5 Å². The van der Waals surface area contributed by atoms with Crippen LogP contribution < -0.4 is 14.9 Å². The summed E-state index contributed by atoms with van der Waals surface area (Å²) >= 11 is 0. The number of benzene rings is 3. The van der Waals surface area contributed by atoms with Gasteiger partial charge in [-0.1, -0.05) is 12.1 Å². The van der Waals surface area contributed by atoms with E-state index in [9.17, 15) is 19.3 Å². The number of non-ortho nitro benzene ring substituents is 1. The Morgan fingerprint density at radius 3 is 2.74 bits per heavy atom. The second-order valence-corrected chi connectivity index (χ2v) is 7.35. The first-order valence-electron chi connectivity index (χ1n) is 10.6. The molecule has 4 rings (SSSR count). The molecule has 0 aliphatic heterocycles. The zero-order valence-corrected chi connectivity index (χ0v) is 18.6. The lowest BCUT2D eigenvalue weighted by molar-refractivity contribution is -0.384. The molecule has 0 saturated heterocycles. The van der Waals surface area contributed by atoms with Crippen LogP contribution in [-0.2, 0) is 6.61 Å². The van der Waals surface area contributed by atoms with Crippen molar-refractivity contribution in [1.29, 1.82) is 0 Å². The monoisotopic (exact) mass is 477 g/mol. The minimum absolute atomic E-state index is 0.0336. The van der Waals surface area contributed by atoms with Crippen molar-refractivity contribution in [3.8, 4) is 11.5 Å². The zero-order chi connectivity index (χ0) is 24.8. The highest BCUT2D eigenvalue weighted by molar-refractivity contribution is 5.97. The smallest absolute Gasteiger partial charge is 0.307 e. The number of hydrogen-bond donors (Lipinski definition) is 1. The summed E-state index contributed by atoms with van der Waals surface area (Å²) in [6.45, 7) is 2.40. The molecular weight excluding hydrogens is 457 g/mol. The van der Waals surface area contributed by atoms with Crippen molar-refractivity contribution in [2.45, 2.75) is 13.5 Å². The summed E-state index contributed by atoms with van der Waals surface area (Å²) in [7, 11) is 0. The average molecular weight is 477 g/mol. The Labute approximate surface area is 198 Å². The molecule has 0 unspecified atom stereocenters. The first-order chi connectivity index (χ1) is 16.9. The number of carbonyl (C=O) groups excluding carboxylic acids is 1. The molecule has 1 heterocycles. The third-order valence-corrected chi connectivity index (χ3v) is 4.87. The lowest BCUT2D eigenvalue weighted by Crippen LogP contribution is -2.16. The first kappa shape index (κ1) is 23.4. The van der Waals surface area contributed by atoms with Crippen molar-refractivity contribution in [2.75, 3.05) is 6.61 Å². The molecule has 9 nitrogen and oxygen atoms in total. The predicted octanol–water partition coefficient (Wildman–Crippen LogP) is 5.22. The van der Waals surface area contributed by atoms with Crippen LogP contribution in [0.4, 0.5) is 10.1 Å². The Kier molecular flexibility index (Phi) is 7.01. The number of ether oxygens (including phenoxy) is 2. The Hall–Kier alpha value is -4.73. The maximum atomic E-state index is 13.4. The second-order valence-electron chi connectivity index (χ2n) is 7.35. The maximum Gasteiger partial charge on any atom is 0.307 e. The number of fused-ring (bicyclic) bond motifs is 1. The van der Waals surface area contributed by atoms with Crippen molar-refractivity contribution in [3.63, 3.8) is 0 Å². The number of furan rings is 1. The molecule has 35 heavy (non-hydrogen) atoms. The van der Waals surface area contributed by atoms with Crippen LogP contribution in [-0.4, -0.2) is 23.7 Å². The van der Waals surface area contributed by atoms with E-state index in [0.29, 0.717) is 40.2 Å². The molecule has 3 aromatic carbocycles. The lowest BCUT2D eigenvalue weighted by atomic mass is 10.2.